The van der Waals surface area contributed by atoms with Crippen LogP contribution in [0.3, 0.4) is 0 Å². The Hall–Kier alpha value is 0.137. The van der Waals surface area contributed by atoms with E-state index in [2.05, 4.69) is 6.55 Å². The Morgan fingerprint density at radius 1 is 1.18 bits per heavy atom. The minimum absolute atomic E-state index is 0.780. The van der Waals surface area contributed by atoms with Gasteiger partial charge in [0.25, 0.3) is 0 Å². The van der Waals surface area contributed by atoms with Gasteiger partial charge in [-0.25, -0.2) is 0 Å². The highest BCUT2D eigenvalue weighted by Crippen LogP contribution is 2.45. The molecule has 0 radical (unpaired) electrons. The summed E-state index contributed by atoms with van der Waals surface area (Å²) in [5.74, 6) is 0. The van der Waals surface area contributed by atoms with E-state index in [9.17, 15) is 0 Å². The van der Waals surface area contributed by atoms with Gasteiger partial charge in [-0.05, 0) is 33.2 Å². The van der Waals surface area contributed by atoms with E-state index >= 15 is 0 Å². The summed E-state index contributed by atoms with van der Waals surface area (Å²) in [6, 6.07) is 0. The molecule has 1 aliphatic rings. The van der Waals surface area contributed by atoms with Gasteiger partial charge in [0.1, 0.15) is 0 Å². The number of rotatable bonds is 5. The van der Waals surface area contributed by atoms with Crippen LogP contribution >= 0.6 is 0 Å². The van der Waals surface area contributed by atoms with Gasteiger partial charge in [0.05, 0.1) is 0 Å². The van der Waals surface area contributed by atoms with E-state index in [1.54, 1.807) is 0 Å². The largest absolute Gasteiger partial charge is 0.394 e. The van der Waals surface area contributed by atoms with E-state index in [0.29, 0.717) is 0 Å². The average Bonchev–Trinajstić information content (AvgIpc) is 2.68. The molecule has 66 valence electrons. The fraction of sp³-hybridized carbons (Fsp3) is 1.00. The molecule has 2 nitrogen and oxygen atoms in total. The van der Waals surface area contributed by atoms with E-state index in [1.165, 1.54) is 12.8 Å². The summed E-state index contributed by atoms with van der Waals surface area (Å²) in [4.78, 5) is 0. The SMILES string of the molecule is CCO[Si](C)(OCC)C1CC1. The monoisotopic (exact) mass is 174 g/mol. The zero-order chi connectivity index (χ0) is 8.32. The molecule has 0 spiro atoms. The maximum atomic E-state index is 5.71. The van der Waals surface area contributed by atoms with Crippen molar-refractivity contribution in [2.75, 3.05) is 13.2 Å². The van der Waals surface area contributed by atoms with Crippen molar-refractivity contribution in [2.45, 2.75) is 38.8 Å². The van der Waals surface area contributed by atoms with Crippen molar-refractivity contribution in [3.8, 4) is 0 Å². The van der Waals surface area contributed by atoms with E-state index < -0.39 is 8.56 Å². The molecular formula is C8H18O2Si. The third-order valence-electron chi connectivity index (χ3n) is 2.18. The molecule has 11 heavy (non-hydrogen) atoms. The molecule has 1 saturated carbocycles. The van der Waals surface area contributed by atoms with Crippen LogP contribution < -0.4 is 0 Å². The molecule has 0 atom stereocenters. The van der Waals surface area contributed by atoms with E-state index in [4.69, 9.17) is 8.85 Å². The quantitative estimate of drug-likeness (QED) is 0.595. The molecule has 3 heteroatoms. The van der Waals surface area contributed by atoms with Gasteiger partial charge in [0.15, 0.2) is 0 Å². The molecule has 0 N–H and O–H groups in total. The molecule has 1 fully saturated rings. The molecule has 0 bridgehead atoms. The smallest absolute Gasteiger partial charge is 0.338 e. The van der Waals surface area contributed by atoms with Crippen molar-refractivity contribution in [1.82, 2.24) is 0 Å². The van der Waals surface area contributed by atoms with E-state index in [-0.39, 0.29) is 0 Å². The second kappa shape index (κ2) is 3.69. The van der Waals surface area contributed by atoms with E-state index in [1.807, 2.05) is 13.8 Å². The summed E-state index contributed by atoms with van der Waals surface area (Å²) in [5.41, 5.74) is 0.780. The zero-order valence-corrected chi connectivity index (χ0v) is 8.72. The Balaban J connectivity index is 2.39. The van der Waals surface area contributed by atoms with Gasteiger partial charge in [-0.2, -0.15) is 0 Å². The molecule has 0 unspecified atom stereocenters. The van der Waals surface area contributed by atoms with Crippen LogP contribution in [0.4, 0.5) is 0 Å². The van der Waals surface area contributed by atoms with Gasteiger partial charge in [0.2, 0.25) is 0 Å². The van der Waals surface area contributed by atoms with Crippen LogP contribution in [0.2, 0.25) is 12.1 Å². The topological polar surface area (TPSA) is 18.5 Å². The minimum Gasteiger partial charge on any atom is -0.394 e. The first-order valence-electron chi connectivity index (χ1n) is 4.50. The lowest BCUT2D eigenvalue weighted by Gasteiger charge is -2.25. The summed E-state index contributed by atoms with van der Waals surface area (Å²) in [7, 11) is -1.72. The molecular weight excluding hydrogens is 156 g/mol. The average molecular weight is 174 g/mol. The lowest BCUT2D eigenvalue weighted by Crippen LogP contribution is -2.39. The predicted molar refractivity (Wildman–Crippen MR) is 47.9 cm³/mol. The van der Waals surface area contributed by atoms with Crippen molar-refractivity contribution < 1.29 is 8.85 Å². The van der Waals surface area contributed by atoms with Crippen molar-refractivity contribution in [1.29, 1.82) is 0 Å². The number of hydrogen-bond acceptors (Lipinski definition) is 2. The van der Waals surface area contributed by atoms with Gasteiger partial charge in [-0.3, -0.25) is 0 Å². The molecule has 0 aromatic rings. The lowest BCUT2D eigenvalue weighted by atomic mass is 10.9. The predicted octanol–water partition coefficient (Wildman–Crippen LogP) is 2.30. The highest BCUT2D eigenvalue weighted by Gasteiger charge is 2.47. The summed E-state index contributed by atoms with van der Waals surface area (Å²) in [6.07, 6.45) is 2.64. The van der Waals surface area contributed by atoms with Crippen LogP contribution in [0.15, 0.2) is 0 Å². The first-order valence-corrected chi connectivity index (χ1v) is 6.90. The Bertz CT molecular complexity index is 117. The molecule has 0 aromatic heterocycles. The van der Waals surface area contributed by atoms with Crippen molar-refractivity contribution in [2.24, 2.45) is 0 Å². The molecule has 0 heterocycles. The van der Waals surface area contributed by atoms with Gasteiger partial charge in [-0.15, -0.1) is 0 Å². The van der Waals surface area contributed by atoms with Crippen LogP contribution in [0, 0.1) is 0 Å². The Kier molecular flexibility index (Phi) is 3.10. The van der Waals surface area contributed by atoms with Crippen molar-refractivity contribution in [3.63, 3.8) is 0 Å². The fourth-order valence-electron chi connectivity index (χ4n) is 1.46. The van der Waals surface area contributed by atoms with Gasteiger partial charge >= 0.3 is 8.56 Å². The molecule has 1 aliphatic carbocycles. The molecule has 0 saturated heterocycles. The minimum atomic E-state index is -1.72. The second-order valence-corrected chi connectivity index (χ2v) is 6.58. The van der Waals surface area contributed by atoms with Crippen molar-refractivity contribution in [3.05, 3.63) is 0 Å². The van der Waals surface area contributed by atoms with Crippen LogP contribution in [0.5, 0.6) is 0 Å². The summed E-state index contributed by atoms with van der Waals surface area (Å²) < 4.78 is 11.4. The van der Waals surface area contributed by atoms with E-state index in [0.717, 1.165) is 18.8 Å². The first kappa shape index (κ1) is 9.23. The van der Waals surface area contributed by atoms with Crippen molar-refractivity contribution >= 4 is 8.56 Å². The van der Waals surface area contributed by atoms with Crippen LogP contribution in [0.25, 0.3) is 0 Å². The standard InChI is InChI=1S/C8H18O2Si/c1-4-9-11(3,10-5-2)8-6-7-8/h8H,4-7H2,1-3H3. The summed E-state index contributed by atoms with van der Waals surface area (Å²) >= 11 is 0. The zero-order valence-electron chi connectivity index (χ0n) is 7.72. The second-order valence-electron chi connectivity index (χ2n) is 3.16. The van der Waals surface area contributed by atoms with Gasteiger partial charge in [0, 0.05) is 18.8 Å². The van der Waals surface area contributed by atoms with Crippen LogP contribution in [-0.2, 0) is 8.85 Å². The number of hydrogen-bond donors (Lipinski definition) is 0. The maximum absolute atomic E-state index is 5.71. The Labute approximate surface area is 70.1 Å². The normalized spacial score (nSPS) is 18.8. The third-order valence-corrected chi connectivity index (χ3v) is 5.97. The fourth-order valence-corrected chi connectivity index (χ4v) is 4.37. The van der Waals surface area contributed by atoms with Crippen LogP contribution in [-0.4, -0.2) is 21.8 Å². The highest BCUT2D eigenvalue weighted by atomic mass is 28.4. The van der Waals surface area contributed by atoms with Gasteiger partial charge < -0.3 is 8.85 Å². The molecule has 1 rings (SSSR count). The first-order chi connectivity index (χ1) is 5.23. The summed E-state index contributed by atoms with van der Waals surface area (Å²) in [6.45, 7) is 7.90. The van der Waals surface area contributed by atoms with Crippen LogP contribution in [0.1, 0.15) is 26.7 Å². The Morgan fingerprint density at radius 2 is 1.64 bits per heavy atom. The highest BCUT2D eigenvalue weighted by molar-refractivity contribution is 6.68. The van der Waals surface area contributed by atoms with Gasteiger partial charge in [-0.1, -0.05) is 0 Å². The third kappa shape index (κ3) is 2.29. The maximum Gasteiger partial charge on any atom is 0.338 e. The molecule has 0 aliphatic heterocycles. The molecule has 0 amide bonds. The summed E-state index contributed by atoms with van der Waals surface area (Å²) in [5, 5.41) is 0. The Morgan fingerprint density at radius 3 is 1.91 bits per heavy atom. The lowest BCUT2D eigenvalue weighted by molar-refractivity contribution is 0.187. The molecule has 0 aromatic carbocycles.